The maximum absolute atomic E-state index is 13.4. The number of carbonyl (C=O) groups excluding carboxylic acids is 1. The Kier molecular flexibility index (Phi) is 5.62. The molecule has 3 aromatic rings. The van der Waals surface area contributed by atoms with Crippen LogP contribution in [0.1, 0.15) is 11.1 Å². The SMILES string of the molecule is COc1ccc2c(c1)N1CCN(c3cnccn3)C[C@H]1[C@@H](C(=O)NCc1ccccc1)C2. The number of fused-ring (bicyclic) bond motifs is 3. The van der Waals surface area contributed by atoms with Gasteiger partial charge in [0.25, 0.3) is 0 Å². The molecule has 2 aromatic carbocycles. The Labute approximate surface area is 188 Å². The maximum atomic E-state index is 13.4. The fourth-order valence-electron chi connectivity index (χ4n) is 4.78. The Morgan fingerprint density at radius 1 is 1.16 bits per heavy atom. The van der Waals surface area contributed by atoms with Crippen molar-refractivity contribution in [2.24, 2.45) is 5.92 Å². The highest BCUT2D eigenvalue weighted by atomic mass is 16.5. The summed E-state index contributed by atoms with van der Waals surface area (Å²) in [6.45, 7) is 2.89. The number of carbonyl (C=O) groups is 1. The second kappa shape index (κ2) is 8.86. The molecule has 2 atom stereocenters. The summed E-state index contributed by atoms with van der Waals surface area (Å²) in [6.07, 6.45) is 5.89. The van der Waals surface area contributed by atoms with Gasteiger partial charge in [0.15, 0.2) is 0 Å². The predicted molar refractivity (Wildman–Crippen MR) is 124 cm³/mol. The zero-order valence-corrected chi connectivity index (χ0v) is 18.1. The number of anilines is 2. The minimum absolute atomic E-state index is 0.0427. The fourth-order valence-corrected chi connectivity index (χ4v) is 4.78. The lowest BCUT2D eigenvalue weighted by Gasteiger charge is -2.49. The highest BCUT2D eigenvalue weighted by Gasteiger charge is 2.42. The molecule has 1 fully saturated rings. The van der Waals surface area contributed by atoms with Gasteiger partial charge in [-0.15, -0.1) is 0 Å². The number of benzene rings is 2. The molecule has 0 unspecified atom stereocenters. The molecule has 0 radical (unpaired) electrons. The molecule has 7 nitrogen and oxygen atoms in total. The largest absolute Gasteiger partial charge is 0.497 e. The summed E-state index contributed by atoms with van der Waals surface area (Å²) in [4.78, 5) is 26.7. The molecule has 7 heteroatoms. The van der Waals surface area contributed by atoms with Crippen LogP contribution >= 0.6 is 0 Å². The van der Waals surface area contributed by atoms with E-state index in [0.29, 0.717) is 13.0 Å². The number of ether oxygens (including phenoxy) is 1. The minimum atomic E-state index is -0.154. The topological polar surface area (TPSA) is 70.6 Å². The molecule has 0 aliphatic carbocycles. The second-order valence-electron chi connectivity index (χ2n) is 8.28. The summed E-state index contributed by atoms with van der Waals surface area (Å²) in [5.41, 5.74) is 3.46. The van der Waals surface area contributed by atoms with Crippen molar-refractivity contribution in [3.8, 4) is 5.75 Å². The summed E-state index contributed by atoms with van der Waals surface area (Å²) in [5, 5.41) is 3.17. The molecule has 2 aliphatic heterocycles. The van der Waals surface area contributed by atoms with Gasteiger partial charge < -0.3 is 19.9 Å². The molecule has 164 valence electrons. The third kappa shape index (κ3) is 3.98. The lowest BCUT2D eigenvalue weighted by atomic mass is 9.83. The van der Waals surface area contributed by atoms with Gasteiger partial charge in [0.1, 0.15) is 11.6 Å². The summed E-state index contributed by atoms with van der Waals surface area (Å²) in [7, 11) is 1.69. The average molecular weight is 430 g/mol. The Hall–Kier alpha value is -3.61. The summed E-state index contributed by atoms with van der Waals surface area (Å²) in [6, 6.07) is 16.3. The van der Waals surface area contributed by atoms with Gasteiger partial charge in [-0.2, -0.15) is 0 Å². The van der Waals surface area contributed by atoms with Gasteiger partial charge in [0, 0.05) is 50.3 Å². The molecular formula is C25H27N5O2. The lowest BCUT2D eigenvalue weighted by molar-refractivity contribution is -0.126. The minimum Gasteiger partial charge on any atom is -0.497 e. The molecule has 1 saturated heterocycles. The number of methoxy groups -OCH3 is 1. The van der Waals surface area contributed by atoms with E-state index in [0.717, 1.165) is 36.8 Å². The van der Waals surface area contributed by atoms with Crippen LogP contribution in [0.25, 0.3) is 0 Å². The van der Waals surface area contributed by atoms with Crippen LogP contribution < -0.4 is 19.9 Å². The number of nitrogens with zero attached hydrogens (tertiary/aromatic N) is 4. The van der Waals surface area contributed by atoms with Crippen LogP contribution in [0.2, 0.25) is 0 Å². The van der Waals surface area contributed by atoms with E-state index in [-0.39, 0.29) is 17.9 Å². The van der Waals surface area contributed by atoms with Crippen LogP contribution in [-0.2, 0) is 17.8 Å². The predicted octanol–water partition coefficient (Wildman–Crippen LogP) is 2.67. The monoisotopic (exact) mass is 429 g/mol. The van der Waals surface area contributed by atoms with Gasteiger partial charge in [0.05, 0.1) is 25.3 Å². The van der Waals surface area contributed by atoms with Crippen LogP contribution in [0.3, 0.4) is 0 Å². The van der Waals surface area contributed by atoms with Crippen molar-refractivity contribution < 1.29 is 9.53 Å². The number of nitrogens with one attached hydrogen (secondary N) is 1. The Balaban J connectivity index is 1.42. The third-order valence-corrected chi connectivity index (χ3v) is 6.44. The molecule has 32 heavy (non-hydrogen) atoms. The smallest absolute Gasteiger partial charge is 0.225 e. The van der Waals surface area contributed by atoms with E-state index in [4.69, 9.17) is 4.74 Å². The molecule has 1 amide bonds. The summed E-state index contributed by atoms with van der Waals surface area (Å²) in [5.74, 6) is 1.63. The Morgan fingerprint density at radius 3 is 2.81 bits per heavy atom. The molecule has 1 N–H and O–H groups in total. The Morgan fingerprint density at radius 2 is 2.03 bits per heavy atom. The van der Waals surface area contributed by atoms with Gasteiger partial charge in [-0.05, 0) is 23.6 Å². The Bertz CT molecular complexity index is 1080. The van der Waals surface area contributed by atoms with Gasteiger partial charge in [-0.25, -0.2) is 4.98 Å². The van der Waals surface area contributed by atoms with E-state index in [1.165, 1.54) is 11.3 Å². The van der Waals surface area contributed by atoms with Gasteiger partial charge >= 0.3 is 0 Å². The van der Waals surface area contributed by atoms with E-state index in [9.17, 15) is 4.79 Å². The van der Waals surface area contributed by atoms with E-state index in [1.54, 1.807) is 25.7 Å². The molecule has 0 saturated carbocycles. The first kappa shape index (κ1) is 20.3. The quantitative estimate of drug-likeness (QED) is 0.673. The number of amides is 1. The van der Waals surface area contributed by atoms with Crippen molar-refractivity contribution in [1.29, 1.82) is 0 Å². The lowest BCUT2D eigenvalue weighted by Crippen LogP contribution is -2.61. The molecular weight excluding hydrogens is 402 g/mol. The molecule has 1 aromatic heterocycles. The highest BCUT2D eigenvalue weighted by molar-refractivity contribution is 5.82. The first-order valence-electron chi connectivity index (χ1n) is 11.0. The molecule has 0 bridgehead atoms. The van der Waals surface area contributed by atoms with Crippen molar-refractivity contribution in [1.82, 2.24) is 15.3 Å². The van der Waals surface area contributed by atoms with E-state index >= 15 is 0 Å². The van der Waals surface area contributed by atoms with Crippen LogP contribution in [0, 0.1) is 5.92 Å². The van der Waals surface area contributed by atoms with Gasteiger partial charge in [0.2, 0.25) is 5.91 Å². The second-order valence-corrected chi connectivity index (χ2v) is 8.28. The first-order chi connectivity index (χ1) is 15.7. The number of hydrogen-bond acceptors (Lipinski definition) is 6. The molecule has 2 aliphatic rings. The fraction of sp³-hybridized carbons (Fsp3) is 0.320. The van der Waals surface area contributed by atoms with Crippen molar-refractivity contribution >= 4 is 17.4 Å². The number of hydrogen-bond donors (Lipinski definition) is 1. The number of piperazine rings is 1. The van der Waals surface area contributed by atoms with E-state index in [2.05, 4.69) is 37.2 Å². The average Bonchev–Trinajstić information content (AvgIpc) is 2.87. The first-order valence-corrected chi connectivity index (χ1v) is 11.0. The molecule has 5 rings (SSSR count). The number of aromatic nitrogens is 2. The highest BCUT2D eigenvalue weighted by Crippen LogP contribution is 2.38. The zero-order chi connectivity index (χ0) is 21.9. The van der Waals surface area contributed by atoms with Gasteiger partial charge in [-0.3, -0.25) is 9.78 Å². The van der Waals surface area contributed by atoms with E-state index in [1.807, 2.05) is 36.4 Å². The van der Waals surface area contributed by atoms with Crippen molar-refractivity contribution in [3.63, 3.8) is 0 Å². The van der Waals surface area contributed by atoms with Crippen LogP contribution in [-0.4, -0.2) is 48.7 Å². The summed E-state index contributed by atoms with van der Waals surface area (Å²) >= 11 is 0. The maximum Gasteiger partial charge on any atom is 0.225 e. The van der Waals surface area contributed by atoms with Crippen LogP contribution in [0.5, 0.6) is 5.75 Å². The molecule has 3 heterocycles. The van der Waals surface area contributed by atoms with Crippen molar-refractivity contribution in [3.05, 3.63) is 78.2 Å². The van der Waals surface area contributed by atoms with Crippen molar-refractivity contribution in [2.75, 3.05) is 36.5 Å². The molecule has 0 spiro atoms. The third-order valence-electron chi connectivity index (χ3n) is 6.44. The number of rotatable bonds is 5. The zero-order valence-electron chi connectivity index (χ0n) is 18.1. The van der Waals surface area contributed by atoms with Crippen LogP contribution in [0.4, 0.5) is 11.5 Å². The van der Waals surface area contributed by atoms with E-state index < -0.39 is 0 Å². The standard InChI is InChI=1S/C25H27N5O2/c1-32-20-8-7-19-13-21(25(31)28-15-18-5-3-2-4-6-18)23-17-29(24-16-26-9-10-27-24)11-12-30(23)22(19)14-20/h2-10,14,16,21,23H,11-13,15,17H2,1H3,(H,28,31)/t21-,23-/m0/s1. The normalized spacial score (nSPS) is 19.7. The van der Waals surface area contributed by atoms with Crippen LogP contribution in [0.15, 0.2) is 67.1 Å². The van der Waals surface area contributed by atoms with Crippen molar-refractivity contribution in [2.45, 2.75) is 19.0 Å². The summed E-state index contributed by atoms with van der Waals surface area (Å²) < 4.78 is 5.48. The van der Waals surface area contributed by atoms with Gasteiger partial charge in [-0.1, -0.05) is 36.4 Å².